The highest BCUT2D eigenvalue weighted by Gasteiger charge is 2.33. The minimum atomic E-state index is -0.0175. The second kappa shape index (κ2) is 7.41. The molecule has 5 heteroatoms. The smallest absolute Gasteiger partial charge is 0.225 e. The lowest BCUT2D eigenvalue weighted by molar-refractivity contribution is 0.0308. The number of anilines is 1. The Morgan fingerprint density at radius 2 is 1.91 bits per heavy atom. The minimum Gasteiger partial charge on any atom is -0.396 e. The summed E-state index contributed by atoms with van der Waals surface area (Å²) in [5, 5.41) is 9.81. The molecule has 126 valence electrons. The molecule has 0 saturated carbocycles. The lowest BCUT2D eigenvalue weighted by Crippen LogP contribution is -2.44. The van der Waals surface area contributed by atoms with E-state index in [-0.39, 0.29) is 12.0 Å². The van der Waals surface area contributed by atoms with Gasteiger partial charge < -0.3 is 10.0 Å². The highest BCUT2D eigenvalue weighted by molar-refractivity contribution is 5.30. The Kier molecular flexibility index (Phi) is 5.28. The Hall–Kier alpha value is -1.46. The molecule has 1 aromatic heterocycles. The van der Waals surface area contributed by atoms with Crippen LogP contribution in [0.15, 0.2) is 25.0 Å². The number of aliphatic hydroxyl groups is 1. The zero-order chi connectivity index (χ0) is 16.1. The fourth-order valence-electron chi connectivity index (χ4n) is 3.88. The van der Waals surface area contributed by atoms with Crippen molar-refractivity contribution in [1.82, 2.24) is 14.9 Å². The predicted octanol–water partition coefficient (Wildman–Crippen LogP) is 2.23. The molecule has 3 rings (SSSR count). The molecule has 0 amide bonds. The Labute approximate surface area is 139 Å². The summed E-state index contributed by atoms with van der Waals surface area (Å²) in [5.74, 6) is 0.862. The SMILES string of the molecule is C=CCC1(CO)CCCN(Cc2cnc(N3CCCC3)nc2)C1. The van der Waals surface area contributed by atoms with Gasteiger partial charge >= 0.3 is 0 Å². The van der Waals surface area contributed by atoms with Crippen LogP contribution >= 0.6 is 0 Å². The fourth-order valence-corrected chi connectivity index (χ4v) is 3.88. The first-order chi connectivity index (χ1) is 11.2. The quantitative estimate of drug-likeness (QED) is 0.816. The molecular formula is C18H28N4O. The van der Waals surface area contributed by atoms with Crippen molar-refractivity contribution in [2.45, 2.75) is 38.6 Å². The van der Waals surface area contributed by atoms with Crippen LogP contribution in [0.4, 0.5) is 5.95 Å². The van der Waals surface area contributed by atoms with Crippen molar-refractivity contribution < 1.29 is 5.11 Å². The van der Waals surface area contributed by atoms with E-state index >= 15 is 0 Å². The Bertz CT molecular complexity index is 512. The maximum absolute atomic E-state index is 9.81. The Morgan fingerprint density at radius 1 is 1.17 bits per heavy atom. The maximum atomic E-state index is 9.81. The standard InChI is InChI=1S/C18H28N4O/c1-2-6-18(15-23)7-5-8-21(14-18)13-16-11-19-17(20-12-16)22-9-3-4-10-22/h2,11-12,23H,1,3-10,13-15H2. The molecule has 0 radical (unpaired) electrons. The minimum absolute atomic E-state index is 0.0175. The molecule has 0 spiro atoms. The van der Waals surface area contributed by atoms with Crippen LogP contribution in [-0.2, 0) is 6.54 Å². The Balaban J connectivity index is 1.61. The number of hydrogen-bond donors (Lipinski definition) is 1. The number of likely N-dealkylation sites (tertiary alicyclic amines) is 1. The van der Waals surface area contributed by atoms with Crippen LogP contribution < -0.4 is 4.90 Å². The summed E-state index contributed by atoms with van der Waals surface area (Å²) in [7, 11) is 0. The van der Waals surface area contributed by atoms with Crippen molar-refractivity contribution >= 4 is 5.95 Å². The van der Waals surface area contributed by atoms with E-state index in [0.29, 0.717) is 0 Å². The first kappa shape index (κ1) is 16.4. The van der Waals surface area contributed by atoms with Crippen LogP contribution in [0, 0.1) is 5.41 Å². The van der Waals surface area contributed by atoms with Crippen LogP contribution in [0.25, 0.3) is 0 Å². The van der Waals surface area contributed by atoms with Gasteiger partial charge in [-0.3, -0.25) is 4.90 Å². The van der Waals surface area contributed by atoms with Crippen LogP contribution in [0.1, 0.15) is 37.7 Å². The average Bonchev–Trinajstić information content (AvgIpc) is 3.11. The number of allylic oxidation sites excluding steroid dienone is 1. The van der Waals surface area contributed by atoms with Crippen LogP contribution in [0.3, 0.4) is 0 Å². The third kappa shape index (κ3) is 3.90. The number of hydrogen-bond acceptors (Lipinski definition) is 5. The van der Waals surface area contributed by atoms with Gasteiger partial charge in [-0.05, 0) is 38.6 Å². The summed E-state index contributed by atoms with van der Waals surface area (Å²) in [5.41, 5.74) is 1.14. The average molecular weight is 316 g/mol. The van der Waals surface area contributed by atoms with E-state index in [1.807, 2.05) is 18.5 Å². The van der Waals surface area contributed by atoms with Crippen LogP contribution in [0.2, 0.25) is 0 Å². The summed E-state index contributed by atoms with van der Waals surface area (Å²) in [6.07, 6.45) is 11.4. The molecular weight excluding hydrogens is 288 g/mol. The molecule has 23 heavy (non-hydrogen) atoms. The van der Waals surface area contributed by atoms with Gasteiger partial charge in [0, 0.05) is 49.6 Å². The number of aliphatic hydroxyl groups excluding tert-OH is 1. The van der Waals surface area contributed by atoms with Crippen LogP contribution in [0.5, 0.6) is 0 Å². The molecule has 2 aliphatic rings. The molecule has 2 aliphatic heterocycles. The molecule has 1 unspecified atom stereocenters. The molecule has 2 fully saturated rings. The van der Waals surface area contributed by atoms with Gasteiger partial charge in [0.1, 0.15) is 0 Å². The summed E-state index contributed by atoms with van der Waals surface area (Å²) in [4.78, 5) is 13.8. The van der Waals surface area contributed by atoms with Gasteiger partial charge in [0.15, 0.2) is 0 Å². The second-order valence-electron chi connectivity index (χ2n) is 7.05. The van der Waals surface area contributed by atoms with E-state index in [2.05, 4.69) is 26.3 Å². The normalized spacial score (nSPS) is 25.7. The molecule has 1 atom stereocenters. The lowest BCUT2D eigenvalue weighted by atomic mass is 9.78. The predicted molar refractivity (Wildman–Crippen MR) is 92.3 cm³/mol. The lowest BCUT2D eigenvalue weighted by Gasteiger charge is -2.41. The summed E-state index contributed by atoms with van der Waals surface area (Å²) in [6.45, 7) is 9.09. The van der Waals surface area contributed by atoms with Crippen molar-refractivity contribution in [3.8, 4) is 0 Å². The monoisotopic (exact) mass is 316 g/mol. The largest absolute Gasteiger partial charge is 0.396 e. The topological polar surface area (TPSA) is 52.5 Å². The van der Waals surface area contributed by atoms with Gasteiger partial charge in [-0.25, -0.2) is 9.97 Å². The van der Waals surface area contributed by atoms with Gasteiger partial charge in [-0.2, -0.15) is 0 Å². The van der Waals surface area contributed by atoms with E-state index in [4.69, 9.17) is 0 Å². The summed E-state index contributed by atoms with van der Waals surface area (Å²) in [6, 6.07) is 0. The van der Waals surface area contributed by atoms with Crippen molar-refractivity contribution in [2.24, 2.45) is 5.41 Å². The van der Waals surface area contributed by atoms with E-state index < -0.39 is 0 Å². The van der Waals surface area contributed by atoms with Crippen molar-refractivity contribution in [3.05, 3.63) is 30.6 Å². The highest BCUT2D eigenvalue weighted by atomic mass is 16.3. The van der Waals surface area contributed by atoms with Crippen molar-refractivity contribution in [3.63, 3.8) is 0 Å². The number of aromatic nitrogens is 2. The Morgan fingerprint density at radius 3 is 2.57 bits per heavy atom. The van der Waals surface area contributed by atoms with Crippen molar-refractivity contribution in [1.29, 1.82) is 0 Å². The van der Waals surface area contributed by atoms with Crippen molar-refractivity contribution in [2.75, 3.05) is 37.7 Å². The van der Waals surface area contributed by atoms with Gasteiger partial charge in [0.2, 0.25) is 5.95 Å². The molecule has 1 N–H and O–H groups in total. The molecule has 2 saturated heterocycles. The second-order valence-corrected chi connectivity index (χ2v) is 7.05. The van der Waals surface area contributed by atoms with Gasteiger partial charge in [0.05, 0.1) is 6.61 Å². The molecule has 0 bridgehead atoms. The maximum Gasteiger partial charge on any atom is 0.225 e. The van der Waals surface area contributed by atoms with Gasteiger partial charge in [0.25, 0.3) is 0 Å². The zero-order valence-corrected chi connectivity index (χ0v) is 14.0. The third-order valence-electron chi connectivity index (χ3n) is 5.14. The summed E-state index contributed by atoms with van der Waals surface area (Å²) >= 11 is 0. The van der Waals surface area contributed by atoms with E-state index in [0.717, 1.165) is 63.5 Å². The highest BCUT2D eigenvalue weighted by Crippen LogP contribution is 2.33. The molecule has 0 aliphatic carbocycles. The third-order valence-corrected chi connectivity index (χ3v) is 5.14. The first-order valence-corrected chi connectivity index (χ1v) is 8.75. The van der Waals surface area contributed by atoms with E-state index in [9.17, 15) is 5.11 Å². The van der Waals surface area contributed by atoms with E-state index in [1.54, 1.807) is 0 Å². The molecule has 0 aromatic carbocycles. The number of rotatable bonds is 6. The fraction of sp³-hybridized carbons (Fsp3) is 0.667. The van der Waals surface area contributed by atoms with Gasteiger partial charge in [-0.1, -0.05) is 6.08 Å². The number of nitrogens with zero attached hydrogens (tertiary/aromatic N) is 4. The van der Waals surface area contributed by atoms with Gasteiger partial charge in [-0.15, -0.1) is 6.58 Å². The van der Waals surface area contributed by atoms with Crippen LogP contribution in [-0.4, -0.2) is 52.8 Å². The molecule has 3 heterocycles. The summed E-state index contributed by atoms with van der Waals surface area (Å²) < 4.78 is 0. The first-order valence-electron chi connectivity index (χ1n) is 8.75. The molecule has 5 nitrogen and oxygen atoms in total. The van der Waals surface area contributed by atoms with E-state index in [1.165, 1.54) is 12.8 Å². The number of piperidine rings is 1. The molecule has 1 aromatic rings. The zero-order valence-electron chi connectivity index (χ0n) is 14.0.